The number of aromatic nitrogens is 1. The molecular formula is C16H23ClN2. The van der Waals surface area contributed by atoms with Crippen LogP contribution in [0.5, 0.6) is 0 Å². The second-order valence-electron chi connectivity index (χ2n) is 5.28. The van der Waals surface area contributed by atoms with E-state index in [-0.39, 0.29) is 0 Å². The van der Waals surface area contributed by atoms with Gasteiger partial charge in [-0.3, -0.25) is 0 Å². The molecule has 1 heterocycles. The Morgan fingerprint density at radius 3 is 2.95 bits per heavy atom. The van der Waals surface area contributed by atoms with Crippen molar-refractivity contribution in [1.29, 1.82) is 0 Å². The van der Waals surface area contributed by atoms with E-state index in [0.29, 0.717) is 6.04 Å². The lowest BCUT2D eigenvalue weighted by Gasteiger charge is -2.13. The molecular weight excluding hydrogens is 256 g/mol. The van der Waals surface area contributed by atoms with Crippen molar-refractivity contribution in [1.82, 2.24) is 10.3 Å². The molecule has 0 amide bonds. The normalized spacial score (nSPS) is 13.0. The molecule has 0 aliphatic carbocycles. The van der Waals surface area contributed by atoms with Crippen LogP contribution in [0, 0.1) is 0 Å². The first-order valence-electron chi connectivity index (χ1n) is 7.19. The number of nitrogens with one attached hydrogen (secondary N) is 2. The Hall–Kier alpha value is -0.990. The molecule has 0 aliphatic heterocycles. The van der Waals surface area contributed by atoms with Crippen molar-refractivity contribution in [2.75, 3.05) is 0 Å². The smallest absolute Gasteiger partial charge is 0.0472 e. The van der Waals surface area contributed by atoms with E-state index >= 15 is 0 Å². The van der Waals surface area contributed by atoms with Crippen LogP contribution in [0.15, 0.2) is 24.4 Å². The first-order valence-corrected chi connectivity index (χ1v) is 7.57. The van der Waals surface area contributed by atoms with Crippen LogP contribution in [-0.4, -0.2) is 11.0 Å². The number of aromatic amines is 1. The highest BCUT2D eigenvalue weighted by Crippen LogP contribution is 2.22. The monoisotopic (exact) mass is 278 g/mol. The fourth-order valence-corrected chi connectivity index (χ4v) is 2.56. The number of halogens is 1. The molecule has 1 aromatic heterocycles. The lowest BCUT2D eigenvalue weighted by molar-refractivity contribution is 0.488. The van der Waals surface area contributed by atoms with Crippen LogP contribution in [-0.2, 0) is 6.54 Å². The number of benzene rings is 1. The van der Waals surface area contributed by atoms with Crippen LogP contribution in [0.4, 0.5) is 0 Å². The number of rotatable bonds is 7. The van der Waals surface area contributed by atoms with Crippen LogP contribution in [0.1, 0.15) is 45.1 Å². The summed E-state index contributed by atoms with van der Waals surface area (Å²) < 4.78 is 0. The van der Waals surface area contributed by atoms with Crippen LogP contribution >= 0.6 is 11.6 Å². The summed E-state index contributed by atoms with van der Waals surface area (Å²) in [7, 11) is 0. The zero-order valence-electron chi connectivity index (χ0n) is 11.8. The Kier molecular flexibility index (Phi) is 5.29. The topological polar surface area (TPSA) is 27.8 Å². The Morgan fingerprint density at radius 1 is 1.32 bits per heavy atom. The predicted molar refractivity (Wildman–Crippen MR) is 83.8 cm³/mol. The molecule has 0 radical (unpaired) electrons. The maximum absolute atomic E-state index is 5.99. The molecule has 104 valence electrons. The van der Waals surface area contributed by atoms with Crippen molar-refractivity contribution in [3.63, 3.8) is 0 Å². The average Bonchev–Trinajstić information content (AvgIpc) is 2.79. The lowest BCUT2D eigenvalue weighted by Crippen LogP contribution is -2.25. The third-order valence-electron chi connectivity index (χ3n) is 3.61. The quantitative estimate of drug-likeness (QED) is 0.694. The highest BCUT2D eigenvalue weighted by Gasteiger charge is 2.06. The molecule has 0 saturated carbocycles. The van der Waals surface area contributed by atoms with Crippen molar-refractivity contribution in [3.05, 3.63) is 35.0 Å². The fraction of sp³-hybridized carbons (Fsp3) is 0.500. The molecule has 3 heteroatoms. The largest absolute Gasteiger partial charge is 0.361 e. The molecule has 1 atom stereocenters. The first-order chi connectivity index (χ1) is 9.20. The zero-order chi connectivity index (χ0) is 13.7. The van der Waals surface area contributed by atoms with Gasteiger partial charge in [-0.25, -0.2) is 0 Å². The summed E-state index contributed by atoms with van der Waals surface area (Å²) in [5.74, 6) is 0. The van der Waals surface area contributed by atoms with E-state index < -0.39 is 0 Å². The summed E-state index contributed by atoms with van der Waals surface area (Å²) >= 11 is 5.99. The molecule has 0 saturated heterocycles. The van der Waals surface area contributed by atoms with E-state index in [2.05, 4.69) is 36.4 Å². The summed E-state index contributed by atoms with van der Waals surface area (Å²) in [5.41, 5.74) is 2.43. The van der Waals surface area contributed by atoms with Gasteiger partial charge in [-0.2, -0.15) is 0 Å². The number of hydrogen-bond acceptors (Lipinski definition) is 1. The maximum Gasteiger partial charge on any atom is 0.0472 e. The molecule has 0 fully saturated rings. The third kappa shape index (κ3) is 3.99. The van der Waals surface area contributed by atoms with E-state index in [4.69, 9.17) is 11.6 Å². The summed E-state index contributed by atoms with van der Waals surface area (Å²) in [6.45, 7) is 5.42. The Labute approximate surface area is 120 Å². The van der Waals surface area contributed by atoms with Gasteiger partial charge in [0.1, 0.15) is 0 Å². The van der Waals surface area contributed by atoms with E-state index in [1.807, 2.05) is 12.1 Å². The highest BCUT2D eigenvalue weighted by molar-refractivity contribution is 6.31. The third-order valence-corrected chi connectivity index (χ3v) is 3.85. The molecule has 0 bridgehead atoms. The number of hydrogen-bond donors (Lipinski definition) is 2. The van der Waals surface area contributed by atoms with Gasteiger partial charge in [0, 0.05) is 34.7 Å². The van der Waals surface area contributed by atoms with Gasteiger partial charge in [0.15, 0.2) is 0 Å². The minimum absolute atomic E-state index is 0.573. The number of unbranched alkanes of at least 4 members (excludes halogenated alkanes) is 2. The standard InChI is InChI=1S/C16H23ClN2/c1-3-4-5-6-12(2)18-10-13-11-19-16-9-14(17)7-8-15(13)16/h7-9,11-12,18-19H,3-6,10H2,1-2H3. The van der Waals surface area contributed by atoms with Crippen molar-refractivity contribution < 1.29 is 0 Å². The highest BCUT2D eigenvalue weighted by atomic mass is 35.5. The van der Waals surface area contributed by atoms with Gasteiger partial charge in [-0.15, -0.1) is 0 Å². The summed E-state index contributed by atoms with van der Waals surface area (Å²) in [6.07, 6.45) is 7.26. The van der Waals surface area contributed by atoms with Crippen LogP contribution in [0.3, 0.4) is 0 Å². The molecule has 1 aromatic carbocycles. The van der Waals surface area contributed by atoms with E-state index in [1.165, 1.54) is 36.6 Å². The van der Waals surface area contributed by atoms with Gasteiger partial charge in [-0.1, -0.05) is 43.9 Å². The van der Waals surface area contributed by atoms with Crippen LogP contribution in [0.2, 0.25) is 5.02 Å². The second-order valence-corrected chi connectivity index (χ2v) is 5.72. The molecule has 19 heavy (non-hydrogen) atoms. The van der Waals surface area contributed by atoms with Crippen molar-refractivity contribution in [3.8, 4) is 0 Å². The lowest BCUT2D eigenvalue weighted by atomic mass is 10.1. The van der Waals surface area contributed by atoms with Gasteiger partial charge < -0.3 is 10.3 Å². The Morgan fingerprint density at radius 2 is 2.16 bits per heavy atom. The molecule has 2 rings (SSSR count). The Bertz CT molecular complexity index is 518. The minimum atomic E-state index is 0.573. The molecule has 1 unspecified atom stereocenters. The van der Waals surface area contributed by atoms with Gasteiger partial charge in [-0.05, 0) is 31.0 Å². The van der Waals surface area contributed by atoms with E-state index in [9.17, 15) is 0 Å². The molecule has 2 nitrogen and oxygen atoms in total. The molecule has 2 aromatic rings. The number of fused-ring (bicyclic) bond motifs is 1. The first kappa shape index (κ1) is 14.4. The summed E-state index contributed by atoms with van der Waals surface area (Å²) in [5, 5.41) is 5.64. The van der Waals surface area contributed by atoms with Crippen LogP contribution < -0.4 is 5.32 Å². The average molecular weight is 279 g/mol. The van der Waals surface area contributed by atoms with Gasteiger partial charge in [0.2, 0.25) is 0 Å². The maximum atomic E-state index is 5.99. The van der Waals surface area contributed by atoms with Gasteiger partial charge in [0.05, 0.1) is 0 Å². The summed E-state index contributed by atoms with van der Waals surface area (Å²) in [4.78, 5) is 3.28. The molecule has 0 spiro atoms. The van der Waals surface area contributed by atoms with Gasteiger partial charge in [0.25, 0.3) is 0 Å². The van der Waals surface area contributed by atoms with Crippen molar-refractivity contribution in [2.24, 2.45) is 0 Å². The van der Waals surface area contributed by atoms with Crippen molar-refractivity contribution in [2.45, 2.75) is 52.1 Å². The SMILES string of the molecule is CCCCCC(C)NCc1c[nH]c2cc(Cl)ccc12. The van der Waals surface area contributed by atoms with Gasteiger partial charge >= 0.3 is 0 Å². The second kappa shape index (κ2) is 6.97. The zero-order valence-corrected chi connectivity index (χ0v) is 12.6. The minimum Gasteiger partial charge on any atom is -0.361 e. The van der Waals surface area contributed by atoms with E-state index in [0.717, 1.165) is 17.1 Å². The van der Waals surface area contributed by atoms with Crippen molar-refractivity contribution >= 4 is 22.5 Å². The van der Waals surface area contributed by atoms with E-state index in [1.54, 1.807) is 0 Å². The van der Waals surface area contributed by atoms with Crippen LogP contribution in [0.25, 0.3) is 10.9 Å². The molecule has 0 aliphatic rings. The molecule has 2 N–H and O–H groups in total. The predicted octanol–water partition coefficient (Wildman–Crippen LogP) is 4.88. The Balaban J connectivity index is 1.91. The number of H-pyrrole nitrogens is 1. The fourth-order valence-electron chi connectivity index (χ4n) is 2.39. The summed E-state index contributed by atoms with van der Waals surface area (Å²) in [6, 6.07) is 6.59.